The third kappa shape index (κ3) is 4.51. The lowest BCUT2D eigenvalue weighted by molar-refractivity contribution is 0.0921. The van der Waals surface area contributed by atoms with E-state index >= 15 is 0 Å². The van der Waals surface area contributed by atoms with Crippen LogP contribution in [0.25, 0.3) is 33.7 Å². The summed E-state index contributed by atoms with van der Waals surface area (Å²) in [4.78, 5) is 30.1. The molecular weight excluding hydrogens is 508 g/mol. The number of H-pyrrole nitrogens is 1. The van der Waals surface area contributed by atoms with Crippen LogP contribution in [0.1, 0.15) is 73.1 Å². The Labute approximate surface area is 231 Å². The van der Waals surface area contributed by atoms with Gasteiger partial charge in [-0.3, -0.25) is 9.48 Å². The molecular formula is C29H32N8O3. The predicted molar refractivity (Wildman–Crippen MR) is 149 cm³/mol. The lowest BCUT2D eigenvalue weighted by Gasteiger charge is -2.18. The Bertz CT molecular complexity index is 1740. The average molecular weight is 541 g/mol. The smallest absolute Gasteiger partial charge is 0.293 e. The molecule has 1 aromatic carbocycles. The number of nitrogens with one attached hydrogen (secondary N) is 2. The molecule has 6 rings (SSSR count). The van der Waals surface area contributed by atoms with E-state index in [1.807, 2.05) is 70.6 Å². The third-order valence-corrected chi connectivity index (χ3v) is 7.31. The number of fused-ring (bicyclic) bond motifs is 2. The Balaban J connectivity index is 1.32. The molecule has 0 unspecified atom stereocenters. The number of aromatic amines is 1. The highest BCUT2D eigenvalue weighted by Gasteiger charge is 2.28. The molecule has 0 fully saturated rings. The first-order valence-corrected chi connectivity index (χ1v) is 13.4. The zero-order chi connectivity index (χ0) is 28.2. The topological polar surface area (TPSA) is 137 Å². The highest BCUT2D eigenvalue weighted by molar-refractivity contribution is 5.92. The molecule has 0 spiro atoms. The maximum Gasteiger partial charge on any atom is 0.293 e. The second-order valence-electron chi connectivity index (χ2n) is 11.3. The summed E-state index contributed by atoms with van der Waals surface area (Å²) in [5.41, 5.74) is 6.87. The van der Waals surface area contributed by atoms with Gasteiger partial charge in [-0.15, -0.1) is 0 Å². The molecule has 11 nitrogen and oxygen atoms in total. The molecule has 11 heteroatoms. The average Bonchev–Trinajstić information content (AvgIpc) is 3.59. The van der Waals surface area contributed by atoms with Gasteiger partial charge in [-0.25, -0.2) is 9.97 Å². The summed E-state index contributed by atoms with van der Waals surface area (Å²) in [5.74, 6) is 1.55. The first-order chi connectivity index (χ1) is 19.1. The zero-order valence-corrected chi connectivity index (χ0v) is 23.5. The summed E-state index contributed by atoms with van der Waals surface area (Å²) < 4.78 is 13.3. The minimum absolute atomic E-state index is 0.0292. The monoisotopic (exact) mass is 540 g/mol. The molecule has 1 aliphatic heterocycles. The van der Waals surface area contributed by atoms with Crippen LogP contribution in [0, 0.1) is 13.8 Å². The Morgan fingerprint density at radius 3 is 2.73 bits per heavy atom. The van der Waals surface area contributed by atoms with Crippen molar-refractivity contribution in [2.75, 3.05) is 6.61 Å². The molecule has 0 bridgehead atoms. The first kappa shape index (κ1) is 25.7. The van der Waals surface area contributed by atoms with Crippen molar-refractivity contribution in [3.05, 3.63) is 59.1 Å². The van der Waals surface area contributed by atoms with Crippen LogP contribution in [0.3, 0.4) is 0 Å². The number of imidazole rings is 1. The van der Waals surface area contributed by atoms with E-state index in [4.69, 9.17) is 14.2 Å². The van der Waals surface area contributed by atoms with Crippen molar-refractivity contribution >= 4 is 17.1 Å². The largest absolute Gasteiger partial charge is 0.493 e. The van der Waals surface area contributed by atoms with Crippen LogP contribution in [0.15, 0.2) is 35.0 Å². The lowest BCUT2D eigenvalue weighted by atomic mass is 9.97. The van der Waals surface area contributed by atoms with Crippen LogP contribution in [0.4, 0.5) is 0 Å². The number of aryl methyl sites for hydroxylation is 2. The number of pyridine rings is 1. The first-order valence-electron chi connectivity index (χ1n) is 13.4. The van der Waals surface area contributed by atoms with Gasteiger partial charge in [0.1, 0.15) is 11.6 Å². The van der Waals surface area contributed by atoms with E-state index in [9.17, 15) is 4.79 Å². The number of carbonyl (C=O) groups is 1. The van der Waals surface area contributed by atoms with Crippen LogP contribution < -0.4 is 10.1 Å². The minimum Gasteiger partial charge on any atom is -0.493 e. The van der Waals surface area contributed by atoms with Crippen molar-refractivity contribution in [2.24, 2.45) is 7.05 Å². The predicted octanol–water partition coefficient (Wildman–Crippen LogP) is 4.97. The van der Waals surface area contributed by atoms with Crippen molar-refractivity contribution in [1.82, 2.24) is 40.2 Å². The van der Waals surface area contributed by atoms with Crippen LogP contribution >= 0.6 is 0 Å². The van der Waals surface area contributed by atoms with Gasteiger partial charge in [0, 0.05) is 35.5 Å². The number of hydrogen-bond acceptors (Lipinski definition) is 8. The van der Waals surface area contributed by atoms with E-state index in [-0.39, 0.29) is 23.2 Å². The summed E-state index contributed by atoms with van der Waals surface area (Å²) in [5, 5.41) is 11.5. The Morgan fingerprint density at radius 2 is 2.00 bits per heavy atom. The third-order valence-electron chi connectivity index (χ3n) is 7.31. The molecule has 40 heavy (non-hydrogen) atoms. The number of hydrogen-bond donors (Lipinski definition) is 2. The van der Waals surface area contributed by atoms with E-state index in [0.29, 0.717) is 18.1 Å². The lowest BCUT2D eigenvalue weighted by Crippen LogP contribution is -2.29. The van der Waals surface area contributed by atoms with E-state index < -0.39 is 0 Å². The van der Waals surface area contributed by atoms with Gasteiger partial charge >= 0.3 is 0 Å². The number of nitrogens with zero attached hydrogens (tertiary/aromatic N) is 6. The quantitative estimate of drug-likeness (QED) is 0.326. The van der Waals surface area contributed by atoms with Crippen molar-refractivity contribution < 1.29 is 14.1 Å². The summed E-state index contributed by atoms with van der Waals surface area (Å²) in [6.07, 6.45) is 3.29. The second-order valence-corrected chi connectivity index (χ2v) is 11.3. The maximum atomic E-state index is 13.0. The SMILES string of the molecule is Cc1nn(C)c(C)c1-c1nc2nccc(-c3ccc4c(c3)OCCC[C@H]4NC(=O)c3noc(C(C)(C)C)n3)c2[nH]1. The Hall–Kier alpha value is -4.54. The van der Waals surface area contributed by atoms with Gasteiger partial charge in [0.2, 0.25) is 5.89 Å². The number of carbonyl (C=O) groups excluding carboxylic acids is 1. The molecule has 0 saturated heterocycles. The Kier molecular flexibility index (Phi) is 6.16. The van der Waals surface area contributed by atoms with Crippen molar-refractivity contribution in [3.8, 4) is 28.3 Å². The van der Waals surface area contributed by atoms with Crippen LogP contribution in [-0.2, 0) is 12.5 Å². The van der Waals surface area contributed by atoms with Crippen molar-refractivity contribution in [2.45, 2.75) is 58.9 Å². The van der Waals surface area contributed by atoms with Crippen molar-refractivity contribution in [1.29, 1.82) is 0 Å². The van der Waals surface area contributed by atoms with Crippen LogP contribution in [-0.4, -0.2) is 47.4 Å². The van der Waals surface area contributed by atoms with Crippen molar-refractivity contribution in [3.63, 3.8) is 0 Å². The highest BCUT2D eigenvalue weighted by Crippen LogP contribution is 2.37. The molecule has 4 aromatic heterocycles. The minimum atomic E-state index is -0.372. The molecule has 1 aliphatic rings. The number of ether oxygens (including phenoxy) is 1. The van der Waals surface area contributed by atoms with E-state index in [1.165, 1.54) is 0 Å². The molecule has 0 aliphatic carbocycles. The zero-order valence-electron chi connectivity index (χ0n) is 23.5. The fraction of sp³-hybridized carbons (Fsp3) is 0.379. The van der Waals surface area contributed by atoms with E-state index in [2.05, 4.69) is 30.5 Å². The molecule has 206 valence electrons. The summed E-state index contributed by atoms with van der Waals surface area (Å²) in [6.45, 7) is 10.4. The molecule has 5 aromatic rings. The maximum absolute atomic E-state index is 13.0. The molecule has 2 N–H and O–H groups in total. The number of amides is 1. The standard InChI is InChI=1S/C29H32N8O3/c1-15-22(16(2)37(6)35-15)24-32-23-18(11-12-30-25(23)33-24)17-9-10-19-20(8-7-13-39-21(19)14-17)31-27(38)26-34-28(40-36-26)29(3,4)5/h9-12,14,20H,7-8,13H2,1-6H3,(H,31,38)(H,30,32,33)/t20-/m1/s1. The number of rotatable bonds is 4. The van der Waals surface area contributed by atoms with Gasteiger partial charge in [0.05, 0.1) is 29.4 Å². The fourth-order valence-electron chi connectivity index (χ4n) is 5.12. The fourth-order valence-corrected chi connectivity index (χ4v) is 5.12. The van der Waals surface area contributed by atoms with Gasteiger partial charge in [-0.1, -0.05) is 38.1 Å². The number of benzene rings is 1. The van der Waals surface area contributed by atoms with Crippen LogP contribution in [0.5, 0.6) is 5.75 Å². The van der Waals surface area contributed by atoms with E-state index in [0.717, 1.165) is 63.6 Å². The molecule has 1 amide bonds. The molecule has 1 atom stereocenters. The Morgan fingerprint density at radius 1 is 1.18 bits per heavy atom. The van der Waals surface area contributed by atoms with Gasteiger partial charge < -0.3 is 19.6 Å². The molecule has 0 radical (unpaired) electrons. The second kappa shape index (κ2) is 9.58. The van der Waals surface area contributed by atoms with Gasteiger partial charge in [-0.2, -0.15) is 10.1 Å². The van der Waals surface area contributed by atoms with Gasteiger partial charge in [0.15, 0.2) is 5.65 Å². The van der Waals surface area contributed by atoms with Gasteiger partial charge in [0.25, 0.3) is 11.7 Å². The van der Waals surface area contributed by atoms with Crippen LogP contribution in [0.2, 0.25) is 0 Å². The molecule has 5 heterocycles. The molecule has 0 saturated carbocycles. The normalized spacial score (nSPS) is 15.5. The van der Waals surface area contributed by atoms with Gasteiger partial charge in [-0.05, 0) is 44.4 Å². The summed E-state index contributed by atoms with van der Waals surface area (Å²) in [6, 6.07) is 7.78. The van der Waals surface area contributed by atoms with E-state index in [1.54, 1.807) is 6.20 Å². The summed E-state index contributed by atoms with van der Waals surface area (Å²) >= 11 is 0. The highest BCUT2D eigenvalue weighted by atomic mass is 16.5. The number of aromatic nitrogens is 7. The summed E-state index contributed by atoms with van der Waals surface area (Å²) in [7, 11) is 1.93.